The molecule has 0 heterocycles. The van der Waals surface area contributed by atoms with Crippen molar-refractivity contribution in [1.29, 1.82) is 0 Å². The van der Waals surface area contributed by atoms with E-state index in [-0.39, 0.29) is 0 Å². The Labute approximate surface area is 482 Å². The predicted molar refractivity (Wildman–Crippen MR) is 339 cm³/mol. The van der Waals surface area contributed by atoms with E-state index in [1.807, 2.05) is 0 Å². The highest BCUT2D eigenvalue weighted by Crippen LogP contribution is 2.20. The van der Waals surface area contributed by atoms with Crippen LogP contribution in [0, 0.1) is 0 Å². The quantitative estimate of drug-likeness (QED) is 0.0308. The van der Waals surface area contributed by atoms with Crippen LogP contribution in [0.2, 0.25) is 0 Å². The Balaban J connectivity index is 3.57. The number of unbranched alkanes of at least 4 members (excludes halogenated alkanes) is 53. The molecular formula is C71H139NO5. The number of carbonyl (C=O) groups is 1. The average molecular weight is 1090 g/mol. The van der Waals surface area contributed by atoms with Crippen molar-refractivity contribution >= 4 is 5.91 Å². The van der Waals surface area contributed by atoms with E-state index in [0.29, 0.717) is 19.3 Å². The normalized spacial score (nSPS) is 13.6. The maximum Gasteiger partial charge on any atom is 0.249 e. The maximum atomic E-state index is 12.7. The average Bonchev–Trinajstić information content (AvgIpc) is 3.43. The topological polar surface area (TPSA) is 110 Å². The molecule has 0 aliphatic rings. The minimum atomic E-state index is -1.29. The number of aliphatic hydroxyl groups is 4. The van der Waals surface area contributed by atoms with Gasteiger partial charge in [0.2, 0.25) is 5.91 Å². The van der Waals surface area contributed by atoms with E-state index in [1.165, 1.54) is 321 Å². The van der Waals surface area contributed by atoms with Crippen molar-refractivity contribution in [2.45, 2.75) is 417 Å². The van der Waals surface area contributed by atoms with Crippen molar-refractivity contribution in [3.63, 3.8) is 0 Å². The first-order valence-electron chi connectivity index (χ1n) is 35.2. The van der Waals surface area contributed by atoms with Gasteiger partial charge in [0.1, 0.15) is 12.2 Å². The minimum Gasteiger partial charge on any atom is -0.394 e. The van der Waals surface area contributed by atoms with Crippen molar-refractivity contribution in [1.82, 2.24) is 5.32 Å². The Hall–Kier alpha value is -1.21. The van der Waals surface area contributed by atoms with Crippen LogP contribution in [-0.2, 0) is 4.79 Å². The fourth-order valence-corrected chi connectivity index (χ4v) is 11.4. The second-order valence-electron chi connectivity index (χ2n) is 24.6. The van der Waals surface area contributed by atoms with Crippen molar-refractivity contribution in [3.05, 3.63) is 24.3 Å². The van der Waals surface area contributed by atoms with Crippen LogP contribution in [0.15, 0.2) is 24.3 Å². The number of rotatable bonds is 66. The van der Waals surface area contributed by atoms with Crippen molar-refractivity contribution in [2.75, 3.05) is 6.61 Å². The zero-order valence-corrected chi connectivity index (χ0v) is 52.2. The number of carbonyl (C=O) groups excluding carboxylic acids is 1. The molecule has 0 aromatic heterocycles. The molecule has 0 rings (SSSR count). The monoisotopic (exact) mass is 1090 g/mol. The van der Waals surface area contributed by atoms with Crippen LogP contribution in [0.3, 0.4) is 0 Å². The van der Waals surface area contributed by atoms with Gasteiger partial charge in [-0.3, -0.25) is 4.79 Å². The molecule has 0 spiro atoms. The van der Waals surface area contributed by atoms with Crippen LogP contribution < -0.4 is 5.32 Å². The van der Waals surface area contributed by atoms with E-state index in [1.54, 1.807) is 0 Å². The summed E-state index contributed by atoms with van der Waals surface area (Å²) in [6.07, 6.45) is 83.2. The summed E-state index contributed by atoms with van der Waals surface area (Å²) in [6, 6.07) is -1.01. The Morgan fingerprint density at radius 1 is 0.312 bits per heavy atom. The third-order valence-electron chi connectivity index (χ3n) is 16.9. The lowest BCUT2D eigenvalue weighted by atomic mass is 10.00. The van der Waals surface area contributed by atoms with Crippen LogP contribution in [0.1, 0.15) is 393 Å². The maximum absolute atomic E-state index is 12.7. The van der Waals surface area contributed by atoms with Gasteiger partial charge >= 0.3 is 0 Å². The van der Waals surface area contributed by atoms with Gasteiger partial charge in [-0.15, -0.1) is 0 Å². The molecule has 77 heavy (non-hydrogen) atoms. The number of aliphatic hydroxyl groups excluding tert-OH is 4. The molecule has 6 heteroatoms. The van der Waals surface area contributed by atoms with E-state index in [4.69, 9.17) is 0 Å². The first kappa shape index (κ1) is 75.8. The van der Waals surface area contributed by atoms with Crippen LogP contribution in [0.4, 0.5) is 0 Å². The molecule has 4 unspecified atom stereocenters. The third kappa shape index (κ3) is 59.2. The fourth-order valence-electron chi connectivity index (χ4n) is 11.4. The highest BCUT2D eigenvalue weighted by Gasteiger charge is 2.28. The van der Waals surface area contributed by atoms with Gasteiger partial charge in [0, 0.05) is 0 Å². The summed E-state index contributed by atoms with van der Waals surface area (Å²) in [7, 11) is 0. The third-order valence-corrected chi connectivity index (χ3v) is 16.9. The number of hydrogen-bond acceptors (Lipinski definition) is 5. The number of nitrogens with one attached hydrogen (secondary N) is 1. The molecule has 4 atom stereocenters. The summed E-state index contributed by atoms with van der Waals surface area (Å²) in [5.41, 5.74) is 0. The van der Waals surface area contributed by atoms with Crippen molar-refractivity contribution < 1.29 is 25.2 Å². The van der Waals surface area contributed by atoms with Gasteiger partial charge in [0.05, 0.1) is 18.8 Å². The van der Waals surface area contributed by atoms with E-state index < -0.39 is 36.9 Å². The van der Waals surface area contributed by atoms with Gasteiger partial charge in [0.15, 0.2) is 0 Å². The molecule has 5 N–H and O–H groups in total. The van der Waals surface area contributed by atoms with Gasteiger partial charge in [-0.2, -0.15) is 0 Å². The molecule has 0 saturated carbocycles. The molecule has 0 aromatic carbocycles. The van der Waals surface area contributed by atoms with E-state index in [2.05, 4.69) is 43.5 Å². The second kappa shape index (κ2) is 65.6. The van der Waals surface area contributed by atoms with E-state index >= 15 is 0 Å². The Morgan fingerprint density at radius 2 is 0.545 bits per heavy atom. The van der Waals surface area contributed by atoms with Gasteiger partial charge in [0.25, 0.3) is 0 Å². The first-order chi connectivity index (χ1) is 38.0. The molecule has 6 nitrogen and oxygen atoms in total. The second-order valence-corrected chi connectivity index (χ2v) is 24.6. The lowest BCUT2D eigenvalue weighted by molar-refractivity contribution is -0.132. The molecule has 1 amide bonds. The van der Waals surface area contributed by atoms with Gasteiger partial charge in [-0.1, -0.05) is 366 Å². The van der Waals surface area contributed by atoms with Crippen LogP contribution in [0.5, 0.6) is 0 Å². The van der Waals surface area contributed by atoms with Gasteiger partial charge in [-0.05, 0) is 51.4 Å². The van der Waals surface area contributed by atoms with E-state index in [9.17, 15) is 25.2 Å². The summed E-state index contributed by atoms with van der Waals surface area (Å²) >= 11 is 0. The smallest absolute Gasteiger partial charge is 0.249 e. The van der Waals surface area contributed by atoms with E-state index in [0.717, 1.165) is 38.5 Å². The van der Waals surface area contributed by atoms with Crippen molar-refractivity contribution in [2.24, 2.45) is 0 Å². The predicted octanol–water partition coefficient (Wildman–Crippen LogP) is 21.7. The Bertz CT molecular complexity index is 1170. The summed E-state index contributed by atoms with van der Waals surface area (Å²) in [4.78, 5) is 12.7. The molecule has 0 aliphatic heterocycles. The highest BCUT2D eigenvalue weighted by molar-refractivity contribution is 5.80. The zero-order chi connectivity index (χ0) is 55.8. The Morgan fingerprint density at radius 3 is 0.818 bits per heavy atom. The minimum absolute atomic E-state index is 0.365. The zero-order valence-electron chi connectivity index (χ0n) is 52.2. The molecule has 458 valence electrons. The standard InChI is InChI=1S/C71H139NO5/c1-3-5-7-9-11-13-15-17-19-21-23-25-27-29-31-33-35-37-39-41-43-45-47-49-51-53-55-57-59-61-63-65-69(75)71(77)72-67(66-73)70(76)68(74)64-62-60-58-56-54-52-50-48-46-44-42-40-38-36-34-32-30-28-26-24-22-20-18-16-14-12-10-8-6-4-2/h48,50,56,58,67-70,73-76H,3-47,49,51-55,57,59-66H2,1-2H3,(H,72,77)/b50-48+,58-56+. The molecule has 0 radical (unpaired) electrons. The highest BCUT2D eigenvalue weighted by atomic mass is 16.3. The molecule has 0 aromatic rings. The van der Waals surface area contributed by atoms with Crippen LogP contribution >= 0.6 is 0 Å². The summed E-state index contributed by atoms with van der Waals surface area (Å²) < 4.78 is 0. The van der Waals surface area contributed by atoms with Crippen molar-refractivity contribution in [3.8, 4) is 0 Å². The fraction of sp³-hybridized carbons (Fsp3) is 0.930. The molecule has 0 bridgehead atoms. The van der Waals surface area contributed by atoms with Gasteiger partial charge in [-0.25, -0.2) is 0 Å². The first-order valence-corrected chi connectivity index (χ1v) is 35.2. The lowest BCUT2D eigenvalue weighted by Crippen LogP contribution is -2.53. The largest absolute Gasteiger partial charge is 0.394 e. The lowest BCUT2D eigenvalue weighted by Gasteiger charge is -2.27. The summed E-state index contributed by atoms with van der Waals surface area (Å²) in [5, 5.41) is 44.2. The number of allylic oxidation sites excluding steroid dienone is 4. The number of hydrogen-bond donors (Lipinski definition) is 5. The summed E-state index contributed by atoms with van der Waals surface area (Å²) in [5.74, 6) is -0.589. The van der Waals surface area contributed by atoms with Crippen LogP contribution in [0.25, 0.3) is 0 Å². The molecular weight excluding hydrogens is 947 g/mol. The SMILES string of the molecule is CCCCCCCCCCCCCCCCCCCCCCC/C=C/CC/C=C/CCCC(O)C(O)C(CO)NC(=O)C(O)CCCCCCCCCCCCCCCCCCCCCCCCCCCCCCCCC. The van der Waals surface area contributed by atoms with Crippen LogP contribution in [-0.4, -0.2) is 57.3 Å². The van der Waals surface area contributed by atoms with Gasteiger partial charge < -0.3 is 25.7 Å². The molecule has 0 saturated heterocycles. The summed E-state index contributed by atoms with van der Waals surface area (Å²) in [6.45, 7) is 4.10. The molecule has 0 fully saturated rings. The Kier molecular flexibility index (Phi) is 64.6. The molecule has 0 aliphatic carbocycles. The number of amides is 1.